The number of carboxylic acid groups (broad SMARTS) is 1. The number of nitrogens with zero attached hydrogens (tertiary/aromatic N) is 4. The van der Waals surface area contributed by atoms with E-state index < -0.39 is 24.3 Å². The van der Waals surface area contributed by atoms with Crippen molar-refractivity contribution in [1.82, 2.24) is 15.0 Å². The number of rotatable bonds is 6. The summed E-state index contributed by atoms with van der Waals surface area (Å²) in [5, 5.41) is 14.0. The summed E-state index contributed by atoms with van der Waals surface area (Å²) in [6, 6.07) is 4.35. The number of alkyl halides is 3. The highest BCUT2D eigenvalue weighted by atomic mass is 19.4. The molecule has 0 unspecified atom stereocenters. The third-order valence-corrected chi connectivity index (χ3v) is 2.89. The van der Waals surface area contributed by atoms with Crippen LogP contribution < -0.4 is 15.5 Å². The molecule has 0 aliphatic heterocycles. The minimum Gasteiger partial charge on any atom is -0.480 e. The summed E-state index contributed by atoms with van der Waals surface area (Å²) in [4.78, 5) is 24.3. The molecule has 11 heteroatoms. The Morgan fingerprint density at radius 1 is 1.12 bits per heavy atom. The maximum absolute atomic E-state index is 12.6. The van der Waals surface area contributed by atoms with Crippen LogP contribution in [-0.4, -0.2) is 46.7 Å². The zero-order chi connectivity index (χ0) is 18.6. The maximum Gasteiger partial charge on any atom is 0.416 e. The Morgan fingerprint density at radius 3 is 2.24 bits per heavy atom. The summed E-state index contributed by atoms with van der Waals surface area (Å²) in [5.74, 6) is -0.761. The standard InChI is InChI=1S/C14H15F3N6O2/c1-23(2)13-21-11(18-7-10(24)25)20-12(22-13)19-9-5-3-8(4-6-9)14(15,16)17/h3-6H,7H2,1-2H3,(H,24,25)(H2,18,19,20,21,22). The first kappa shape index (κ1) is 18.2. The Hall–Kier alpha value is -3.11. The first-order chi connectivity index (χ1) is 11.6. The zero-order valence-electron chi connectivity index (χ0n) is 13.3. The van der Waals surface area contributed by atoms with E-state index in [1.807, 2.05) is 0 Å². The average Bonchev–Trinajstić information content (AvgIpc) is 2.52. The van der Waals surface area contributed by atoms with Gasteiger partial charge in [-0.25, -0.2) is 0 Å². The van der Waals surface area contributed by atoms with Crippen molar-refractivity contribution in [3.05, 3.63) is 29.8 Å². The monoisotopic (exact) mass is 356 g/mol. The van der Waals surface area contributed by atoms with Gasteiger partial charge < -0.3 is 20.6 Å². The van der Waals surface area contributed by atoms with Crippen molar-refractivity contribution in [2.75, 3.05) is 36.2 Å². The van der Waals surface area contributed by atoms with Gasteiger partial charge >= 0.3 is 12.1 Å². The van der Waals surface area contributed by atoms with E-state index in [-0.39, 0.29) is 17.8 Å². The molecule has 2 rings (SSSR count). The molecule has 1 aromatic heterocycles. The van der Waals surface area contributed by atoms with E-state index in [1.54, 1.807) is 19.0 Å². The predicted octanol–water partition coefficient (Wildman–Crippen LogP) is 2.20. The fourth-order valence-electron chi connectivity index (χ4n) is 1.73. The molecule has 3 N–H and O–H groups in total. The number of aromatic nitrogens is 3. The van der Waals surface area contributed by atoms with Crippen molar-refractivity contribution in [2.24, 2.45) is 0 Å². The van der Waals surface area contributed by atoms with Crippen LogP contribution in [0, 0.1) is 0 Å². The molecule has 0 aliphatic rings. The summed E-state index contributed by atoms with van der Waals surface area (Å²) in [6.07, 6.45) is -4.42. The van der Waals surface area contributed by atoms with E-state index in [1.165, 1.54) is 12.1 Å². The highest BCUT2D eigenvalue weighted by Crippen LogP contribution is 2.30. The van der Waals surface area contributed by atoms with Gasteiger partial charge in [0.15, 0.2) is 0 Å². The van der Waals surface area contributed by atoms with Crippen LogP contribution in [0.15, 0.2) is 24.3 Å². The first-order valence-electron chi connectivity index (χ1n) is 6.98. The van der Waals surface area contributed by atoms with E-state index in [4.69, 9.17) is 5.11 Å². The fourth-order valence-corrected chi connectivity index (χ4v) is 1.73. The molecular weight excluding hydrogens is 341 g/mol. The quantitative estimate of drug-likeness (QED) is 0.724. The van der Waals surface area contributed by atoms with Gasteiger partial charge in [0.2, 0.25) is 17.8 Å². The normalized spacial score (nSPS) is 11.1. The van der Waals surface area contributed by atoms with Gasteiger partial charge in [-0.15, -0.1) is 0 Å². The molecule has 134 valence electrons. The van der Waals surface area contributed by atoms with Gasteiger partial charge in [0, 0.05) is 19.8 Å². The van der Waals surface area contributed by atoms with Crippen molar-refractivity contribution in [1.29, 1.82) is 0 Å². The number of halogens is 3. The van der Waals surface area contributed by atoms with Crippen LogP contribution >= 0.6 is 0 Å². The lowest BCUT2D eigenvalue weighted by atomic mass is 10.2. The van der Waals surface area contributed by atoms with Crippen molar-refractivity contribution < 1.29 is 23.1 Å². The second-order valence-electron chi connectivity index (χ2n) is 5.12. The van der Waals surface area contributed by atoms with Gasteiger partial charge in [0.05, 0.1) is 5.56 Å². The Balaban J connectivity index is 2.23. The smallest absolute Gasteiger partial charge is 0.416 e. The summed E-state index contributed by atoms with van der Waals surface area (Å²) >= 11 is 0. The van der Waals surface area contributed by atoms with Gasteiger partial charge in [-0.3, -0.25) is 4.79 Å². The van der Waals surface area contributed by atoms with Crippen molar-refractivity contribution in [3.8, 4) is 0 Å². The highest BCUT2D eigenvalue weighted by Gasteiger charge is 2.29. The molecule has 0 saturated carbocycles. The molecule has 1 aromatic carbocycles. The van der Waals surface area contributed by atoms with E-state index in [2.05, 4.69) is 25.6 Å². The number of hydrogen-bond donors (Lipinski definition) is 3. The van der Waals surface area contributed by atoms with E-state index in [9.17, 15) is 18.0 Å². The minimum absolute atomic E-state index is 0.0236. The predicted molar refractivity (Wildman–Crippen MR) is 85.0 cm³/mol. The van der Waals surface area contributed by atoms with E-state index in [0.29, 0.717) is 5.69 Å². The van der Waals surface area contributed by atoms with Gasteiger partial charge in [-0.05, 0) is 24.3 Å². The molecule has 2 aromatic rings. The van der Waals surface area contributed by atoms with E-state index in [0.717, 1.165) is 12.1 Å². The lowest BCUT2D eigenvalue weighted by molar-refractivity contribution is -0.137. The largest absolute Gasteiger partial charge is 0.480 e. The zero-order valence-corrected chi connectivity index (χ0v) is 13.3. The van der Waals surface area contributed by atoms with Gasteiger partial charge in [0.1, 0.15) is 6.54 Å². The molecule has 0 amide bonds. The fraction of sp³-hybridized carbons (Fsp3) is 0.286. The molecule has 0 spiro atoms. The minimum atomic E-state index is -4.42. The second-order valence-corrected chi connectivity index (χ2v) is 5.12. The Morgan fingerprint density at radius 2 is 1.72 bits per heavy atom. The molecule has 25 heavy (non-hydrogen) atoms. The number of benzene rings is 1. The molecule has 0 aliphatic carbocycles. The first-order valence-corrected chi connectivity index (χ1v) is 6.98. The second kappa shape index (κ2) is 7.20. The van der Waals surface area contributed by atoms with Crippen molar-refractivity contribution in [2.45, 2.75) is 6.18 Å². The number of anilines is 4. The Bertz CT molecular complexity index is 749. The SMILES string of the molecule is CN(C)c1nc(NCC(=O)O)nc(Nc2ccc(C(F)(F)F)cc2)n1. The number of nitrogens with one attached hydrogen (secondary N) is 2. The lowest BCUT2D eigenvalue weighted by Gasteiger charge is -2.14. The number of aliphatic carboxylic acids is 1. The molecule has 8 nitrogen and oxygen atoms in total. The highest BCUT2D eigenvalue weighted by molar-refractivity contribution is 5.72. The molecule has 0 fully saturated rings. The lowest BCUT2D eigenvalue weighted by Crippen LogP contribution is -2.19. The van der Waals surface area contributed by atoms with Crippen molar-refractivity contribution >= 4 is 29.5 Å². The van der Waals surface area contributed by atoms with Crippen LogP contribution in [-0.2, 0) is 11.0 Å². The van der Waals surface area contributed by atoms with E-state index >= 15 is 0 Å². The molecule has 0 atom stereocenters. The number of hydrogen-bond acceptors (Lipinski definition) is 7. The van der Waals surface area contributed by atoms with Crippen LogP contribution in [0.5, 0.6) is 0 Å². The van der Waals surface area contributed by atoms with Gasteiger partial charge in [0.25, 0.3) is 0 Å². The molecule has 0 bridgehead atoms. The third-order valence-electron chi connectivity index (χ3n) is 2.89. The summed E-state index contributed by atoms with van der Waals surface area (Å²) in [7, 11) is 3.36. The average molecular weight is 356 g/mol. The molecule has 1 heterocycles. The number of carboxylic acids is 1. The van der Waals surface area contributed by atoms with Crippen LogP contribution in [0.1, 0.15) is 5.56 Å². The summed E-state index contributed by atoms with van der Waals surface area (Å²) < 4.78 is 37.7. The molecular formula is C14H15F3N6O2. The maximum atomic E-state index is 12.6. The van der Waals surface area contributed by atoms with Crippen LogP contribution in [0.25, 0.3) is 0 Å². The Labute approximate surface area is 140 Å². The Kier molecular flexibility index (Phi) is 5.25. The molecule has 0 saturated heterocycles. The van der Waals surface area contributed by atoms with Crippen LogP contribution in [0.2, 0.25) is 0 Å². The third kappa shape index (κ3) is 5.19. The summed E-state index contributed by atoms with van der Waals surface area (Å²) in [6.45, 7) is -0.392. The van der Waals surface area contributed by atoms with Crippen LogP contribution in [0.3, 0.4) is 0 Å². The molecule has 0 radical (unpaired) electrons. The summed E-state index contributed by atoms with van der Waals surface area (Å²) in [5.41, 5.74) is -0.431. The van der Waals surface area contributed by atoms with Crippen LogP contribution in [0.4, 0.5) is 36.7 Å². The van der Waals surface area contributed by atoms with Gasteiger partial charge in [-0.2, -0.15) is 28.1 Å². The van der Waals surface area contributed by atoms with Gasteiger partial charge in [-0.1, -0.05) is 0 Å². The van der Waals surface area contributed by atoms with Crippen molar-refractivity contribution in [3.63, 3.8) is 0 Å². The number of carbonyl (C=O) groups is 1. The topological polar surface area (TPSA) is 103 Å².